The first-order valence-corrected chi connectivity index (χ1v) is 5.84. The fraction of sp³-hybridized carbons (Fsp3) is 0. The molecule has 1 aromatic carbocycles. The lowest BCUT2D eigenvalue weighted by Gasteiger charge is -2.06. The van der Waals surface area contributed by atoms with Gasteiger partial charge in [0.05, 0.1) is 4.92 Å². The number of nitro benzene ring substituents is 1. The number of aromatic nitrogens is 1. The van der Waals surface area contributed by atoms with Crippen LogP contribution in [-0.2, 0) is 4.79 Å². The third-order valence-corrected chi connectivity index (χ3v) is 2.47. The number of nitro groups is 1. The van der Waals surface area contributed by atoms with Crippen LogP contribution in [0.25, 0.3) is 6.08 Å². The maximum atomic E-state index is 10.6. The fourth-order valence-electron chi connectivity index (χ4n) is 1.52. The molecule has 0 saturated heterocycles. The van der Waals surface area contributed by atoms with E-state index in [1.165, 1.54) is 36.5 Å². The lowest BCUT2D eigenvalue weighted by Crippen LogP contribution is -1.93. The molecule has 1 heterocycles. The normalized spacial score (nSPS) is 10.5. The number of carbonyl (C=O) groups is 1. The monoisotopic (exact) mass is 286 g/mol. The van der Waals surface area contributed by atoms with Crippen molar-refractivity contribution in [3.05, 3.63) is 64.3 Å². The summed E-state index contributed by atoms with van der Waals surface area (Å²) < 4.78 is 5.50. The Hall–Kier alpha value is -3.22. The van der Waals surface area contributed by atoms with E-state index in [1.54, 1.807) is 12.1 Å². The largest absolute Gasteiger partial charge is 0.478 e. The van der Waals surface area contributed by atoms with Crippen molar-refractivity contribution in [2.24, 2.45) is 0 Å². The van der Waals surface area contributed by atoms with Gasteiger partial charge in [-0.1, -0.05) is 0 Å². The van der Waals surface area contributed by atoms with Crippen LogP contribution in [0.4, 0.5) is 5.69 Å². The van der Waals surface area contributed by atoms with Crippen LogP contribution in [0.5, 0.6) is 11.6 Å². The summed E-state index contributed by atoms with van der Waals surface area (Å²) in [5.74, 6) is -0.506. The molecule has 1 N–H and O–H groups in total. The maximum Gasteiger partial charge on any atom is 0.328 e. The highest BCUT2D eigenvalue weighted by Crippen LogP contribution is 2.25. The number of aliphatic carboxylic acids is 1. The van der Waals surface area contributed by atoms with Crippen LogP contribution in [0.15, 0.2) is 48.7 Å². The molecule has 1 aromatic heterocycles. The second-order valence-electron chi connectivity index (χ2n) is 3.92. The summed E-state index contributed by atoms with van der Waals surface area (Å²) in [7, 11) is 0. The van der Waals surface area contributed by atoms with E-state index in [0.29, 0.717) is 11.3 Å². The van der Waals surface area contributed by atoms with E-state index in [9.17, 15) is 14.9 Å². The van der Waals surface area contributed by atoms with Crippen LogP contribution in [0.3, 0.4) is 0 Å². The average Bonchev–Trinajstić information content (AvgIpc) is 2.47. The molecule has 2 aromatic rings. The lowest BCUT2D eigenvalue weighted by atomic mass is 10.2. The fourth-order valence-corrected chi connectivity index (χ4v) is 1.52. The summed E-state index contributed by atoms with van der Waals surface area (Å²) in [6.07, 6.45) is 3.83. The zero-order chi connectivity index (χ0) is 15.2. The predicted molar refractivity (Wildman–Crippen MR) is 74.1 cm³/mol. The highest BCUT2D eigenvalue weighted by atomic mass is 16.6. The van der Waals surface area contributed by atoms with Gasteiger partial charge in [0.2, 0.25) is 5.88 Å². The Kier molecular flexibility index (Phi) is 4.25. The van der Waals surface area contributed by atoms with Crippen LogP contribution in [0, 0.1) is 10.1 Å². The van der Waals surface area contributed by atoms with Crippen molar-refractivity contribution in [3.63, 3.8) is 0 Å². The highest BCUT2D eigenvalue weighted by molar-refractivity contribution is 5.85. The summed E-state index contributed by atoms with van der Waals surface area (Å²) in [5, 5.41) is 19.2. The second kappa shape index (κ2) is 6.29. The Morgan fingerprint density at radius 2 is 2.00 bits per heavy atom. The first kappa shape index (κ1) is 14.2. The topological polar surface area (TPSA) is 103 Å². The Bertz CT molecular complexity index is 695. The molecule has 0 spiro atoms. The number of nitrogens with zero attached hydrogens (tertiary/aromatic N) is 2. The zero-order valence-electron chi connectivity index (χ0n) is 10.7. The number of rotatable bonds is 5. The number of carboxylic acid groups (broad SMARTS) is 1. The van der Waals surface area contributed by atoms with Gasteiger partial charge in [-0.3, -0.25) is 10.1 Å². The van der Waals surface area contributed by atoms with Gasteiger partial charge in [0.1, 0.15) is 5.75 Å². The Morgan fingerprint density at radius 3 is 2.62 bits per heavy atom. The Labute approximate surface area is 119 Å². The minimum absolute atomic E-state index is 0.0469. The van der Waals surface area contributed by atoms with Gasteiger partial charge in [-0.2, -0.15) is 0 Å². The predicted octanol–water partition coefficient (Wildman–Crippen LogP) is 2.88. The molecular formula is C14H10N2O5. The molecule has 21 heavy (non-hydrogen) atoms. The van der Waals surface area contributed by atoms with E-state index < -0.39 is 10.9 Å². The third kappa shape index (κ3) is 3.87. The molecule has 0 atom stereocenters. The standard InChI is InChI=1S/C14H10N2O5/c17-13(18)8-3-10-2-1-9-15-14(10)21-12-6-4-11(5-7-12)16(19)20/h1-9H,(H,17,18)/b8-3+. The van der Waals surface area contributed by atoms with Crippen molar-refractivity contribution >= 4 is 17.7 Å². The van der Waals surface area contributed by atoms with Crippen molar-refractivity contribution in [1.82, 2.24) is 4.98 Å². The quantitative estimate of drug-likeness (QED) is 0.515. The van der Waals surface area contributed by atoms with Gasteiger partial charge >= 0.3 is 5.97 Å². The smallest absolute Gasteiger partial charge is 0.328 e. The number of carboxylic acids is 1. The second-order valence-corrected chi connectivity index (χ2v) is 3.92. The van der Waals surface area contributed by atoms with Crippen LogP contribution >= 0.6 is 0 Å². The van der Waals surface area contributed by atoms with Crippen LogP contribution in [-0.4, -0.2) is 21.0 Å². The first-order valence-electron chi connectivity index (χ1n) is 5.84. The van der Waals surface area contributed by atoms with Gasteiger partial charge in [-0.25, -0.2) is 9.78 Å². The van der Waals surface area contributed by atoms with Gasteiger partial charge in [-0.05, 0) is 30.3 Å². The average molecular weight is 286 g/mol. The Morgan fingerprint density at radius 1 is 1.29 bits per heavy atom. The summed E-state index contributed by atoms with van der Waals surface area (Å²) >= 11 is 0. The molecule has 0 aliphatic heterocycles. The maximum absolute atomic E-state index is 10.6. The molecule has 0 radical (unpaired) electrons. The minimum atomic E-state index is -1.08. The molecule has 106 valence electrons. The van der Waals surface area contributed by atoms with Gasteiger partial charge in [0, 0.05) is 30.0 Å². The van der Waals surface area contributed by atoms with Gasteiger partial charge in [0.25, 0.3) is 5.69 Å². The zero-order valence-corrected chi connectivity index (χ0v) is 10.7. The van der Waals surface area contributed by atoms with Crippen LogP contribution < -0.4 is 4.74 Å². The van der Waals surface area contributed by atoms with Crippen molar-refractivity contribution < 1.29 is 19.6 Å². The molecular weight excluding hydrogens is 276 g/mol. The van der Waals surface area contributed by atoms with E-state index in [2.05, 4.69) is 4.98 Å². The number of non-ortho nitro benzene ring substituents is 1. The van der Waals surface area contributed by atoms with Crippen molar-refractivity contribution in [1.29, 1.82) is 0 Å². The molecule has 0 aliphatic rings. The number of ether oxygens (including phenoxy) is 1. The third-order valence-electron chi connectivity index (χ3n) is 2.47. The van der Waals surface area contributed by atoms with Crippen LogP contribution in [0.2, 0.25) is 0 Å². The molecule has 7 nitrogen and oxygen atoms in total. The SMILES string of the molecule is O=C(O)/C=C/c1cccnc1Oc1ccc([N+](=O)[O-])cc1. The Balaban J connectivity index is 2.23. The molecule has 0 saturated carbocycles. The number of benzene rings is 1. The molecule has 2 rings (SSSR count). The number of pyridine rings is 1. The molecule has 0 amide bonds. The minimum Gasteiger partial charge on any atom is -0.478 e. The van der Waals surface area contributed by atoms with Gasteiger partial charge in [-0.15, -0.1) is 0 Å². The number of hydrogen-bond donors (Lipinski definition) is 1. The van der Waals surface area contributed by atoms with Gasteiger partial charge < -0.3 is 9.84 Å². The highest BCUT2D eigenvalue weighted by Gasteiger charge is 2.07. The van der Waals surface area contributed by atoms with E-state index in [1.807, 2.05) is 0 Å². The lowest BCUT2D eigenvalue weighted by molar-refractivity contribution is -0.384. The summed E-state index contributed by atoms with van der Waals surface area (Å²) in [6, 6.07) is 8.79. The van der Waals surface area contributed by atoms with E-state index in [4.69, 9.17) is 9.84 Å². The summed E-state index contributed by atoms with van der Waals surface area (Å²) in [5.41, 5.74) is 0.438. The molecule has 7 heteroatoms. The van der Waals surface area contributed by atoms with Crippen LogP contribution in [0.1, 0.15) is 5.56 Å². The van der Waals surface area contributed by atoms with E-state index in [0.717, 1.165) is 6.08 Å². The number of hydrogen-bond acceptors (Lipinski definition) is 5. The summed E-state index contributed by atoms with van der Waals surface area (Å²) in [4.78, 5) is 24.6. The van der Waals surface area contributed by atoms with Crippen molar-refractivity contribution in [2.45, 2.75) is 0 Å². The van der Waals surface area contributed by atoms with Crippen molar-refractivity contribution in [2.75, 3.05) is 0 Å². The molecule has 0 unspecified atom stereocenters. The first-order chi connectivity index (χ1) is 10.1. The molecule has 0 aliphatic carbocycles. The summed E-state index contributed by atoms with van der Waals surface area (Å²) in [6.45, 7) is 0. The van der Waals surface area contributed by atoms with E-state index in [-0.39, 0.29) is 11.6 Å². The van der Waals surface area contributed by atoms with Crippen molar-refractivity contribution in [3.8, 4) is 11.6 Å². The van der Waals surface area contributed by atoms with Gasteiger partial charge in [0.15, 0.2) is 0 Å². The molecule has 0 bridgehead atoms. The molecule has 0 fully saturated rings. The van der Waals surface area contributed by atoms with E-state index >= 15 is 0 Å².